The molecule has 0 fully saturated rings. The molecule has 1 heterocycles. The summed E-state index contributed by atoms with van der Waals surface area (Å²) in [5, 5.41) is 9.42. The van der Waals surface area contributed by atoms with E-state index >= 15 is 0 Å². The molecule has 1 rings (SSSR count). The van der Waals surface area contributed by atoms with Crippen molar-refractivity contribution in [3.8, 4) is 0 Å². The zero-order valence-electron chi connectivity index (χ0n) is 9.77. The minimum absolute atomic E-state index is 0.485. The summed E-state index contributed by atoms with van der Waals surface area (Å²) in [5.41, 5.74) is 1.96. The van der Waals surface area contributed by atoms with Crippen molar-refractivity contribution < 1.29 is 5.11 Å². The molecule has 0 amide bonds. The van der Waals surface area contributed by atoms with E-state index in [9.17, 15) is 5.11 Å². The van der Waals surface area contributed by atoms with Crippen LogP contribution in [0.3, 0.4) is 0 Å². The number of nitrogens with zero attached hydrogens (tertiary/aromatic N) is 2. The molecule has 0 radical (unpaired) electrons. The third kappa shape index (κ3) is 3.61. The molecular formula is C12H20N2O. The van der Waals surface area contributed by atoms with Crippen molar-refractivity contribution in [1.29, 1.82) is 0 Å². The Morgan fingerprint density at radius 1 is 1.40 bits per heavy atom. The van der Waals surface area contributed by atoms with Gasteiger partial charge in [-0.15, -0.1) is 0 Å². The number of aromatic nitrogens is 1. The molecule has 0 aromatic carbocycles. The molecule has 0 aliphatic carbocycles. The van der Waals surface area contributed by atoms with E-state index in [0.717, 1.165) is 25.3 Å². The van der Waals surface area contributed by atoms with Gasteiger partial charge in [0.2, 0.25) is 0 Å². The highest BCUT2D eigenvalue weighted by Gasteiger charge is 2.05. The van der Waals surface area contributed by atoms with Crippen molar-refractivity contribution in [2.45, 2.75) is 33.4 Å². The summed E-state index contributed by atoms with van der Waals surface area (Å²) < 4.78 is 0. The Balaban J connectivity index is 2.72. The van der Waals surface area contributed by atoms with E-state index in [0.29, 0.717) is 0 Å². The van der Waals surface area contributed by atoms with Gasteiger partial charge in [0.1, 0.15) is 0 Å². The van der Waals surface area contributed by atoms with Crippen LogP contribution in [0.5, 0.6) is 0 Å². The third-order valence-electron chi connectivity index (χ3n) is 2.57. The average molecular weight is 208 g/mol. The van der Waals surface area contributed by atoms with Crippen LogP contribution in [-0.2, 0) is 6.54 Å². The monoisotopic (exact) mass is 208 g/mol. The summed E-state index contributed by atoms with van der Waals surface area (Å²) in [6.45, 7) is 9.06. The van der Waals surface area contributed by atoms with Gasteiger partial charge < -0.3 is 5.11 Å². The third-order valence-corrected chi connectivity index (χ3v) is 2.57. The lowest BCUT2D eigenvalue weighted by Crippen LogP contribution is -2.22. The SMILES string of the molecule is CCN(CC)Cc1ccnc(C(C)O)c1. The molecule has 0 aliphatic rings. The first-order valence-electron chi connectivity index (χ1n) is 5.52. The summed E-state index contributed by atoms with van der Waals surface area (Å²) in [7, 11) is 0. The molecular weight excluding hydrogens is 188 g/mol. The molecule has 1 N–H and O–H groups in total. The summed E-state index contributed by atoms with van der Waals surface area (Å²) in [5.74, 6) is 0. The van der Waals surface area contributed by atoms with Crippen LogP contribution in [0, 0.1) is 0 Å². The van der Waals surface area contributed by atoms with Crippen molar-refractivity contribution in [2.75, 3.05) is 13.1 Å². The minimum Gasteiger partial charge on any atom is -0.387 e. The maximum Gasteiger partial charge on any atom is 0.0931 e. The molecule has 0 saturated carbocycles. The Hall–Kier alpha value is -0.930. The second kappa shape index (κ2) is 5.83. The van der Waals surface area contributed by atoms with Gasteiger partial charge in [-0.1, -0.05) is 13.8 Å². The van der Waals surface area contributed by atoms with Crippen LogP contribution in [0.1, 0.15) is 38.1 Å². The smallest absolute Gasteiger partial charge is 0.0931 e. The largest absolute Gasteiger partial charge is 0.387 e. The Morgan fingerprint density at radius 2 is 2.07 bits per heavy atom. The van der Waals surface area contributed by atoms with Gasteiger partial charge in [0.05, 0.1) is 11.8 Å². The Morgan fingerprint density at radius 3 is 2.60 bits per heavy atom. The molecule has 15 heavy (non-hydrogen) atoms. The molecule has 3 nitrogen and oxygen atoms in total. The quantitative estimate of drug-likeness (QED) is 0.803. The number of hydrogen-bond acceptors (Lipinski definition) is 3. The van der Waals surface area contributed by atoms with Crippen molar-refractivity contribution >= 4 is 0 Å². The fraction of sp³-hybridized carbons (Fsp3) is 0.583. The van der Waals surface area contributed by atoms with Crippen LogP contribution in [-0.4, -0.2) is 28.1 Å². The van der Waals surface area contributed by atoms with Crippen LogP contribution in [0.15, 0.2) is 18.3 Å². The zero-order valence-corrected chi connectivity index (χ0v) is 9.77. The first-order valence-corrected chi connectivity index (χ1v) is 5.52. The number of hydrogen-bond donors (Lipinski definition) is 1. The van der Waals surface area contributed by atoms with Gasteiger partial charge in [-0.3, -0.25) is 9.88 Å². The van der Waals surface area contributed by atoms with E-state index < -0.39 is 6.10 Å². The lowest BCUT2D eigenvalue weighted by atomic mass is 10.1. The first-order chi connectivity index (χ1) is 7.17. The molecule has 0 aliphatic heterocycles. The maximum absolute atomic E-state index is 9.42. The highest BCUT2D eigenvalue weighted by atomic mass is 16.3. The molecule has 0 saturated heterocycles. The van der Waals surface area contributed by atoms with E-state index in [1.54, 1.807) is 13.1 Å². The fourth-order valence-corrected chi connectivity index (χ4v) is 1.53. The highest BCUT2D eigenvalue weighted by molar-refractivity contribution is 5.17. The molecule has 3 heteroatoms. The van der Waals surface area contributed by atoms with Gasteiger partial charge >= 0.3 is 0 Å². The van der Waals surface area contributed by atoms with Crippen LogP contribution in [0.25, 0.3) is 0 Å². The van der Waals surface area contributed by atoms with Crippen LogP contribution in [0.4, 0.5) is 0 Å². The Kier molecular flexibility index (Phi) is 4.72. The molecule has 84 valence electrons. The van der Waals surface area contributed by atoms with Gasteiger partial charge in [-0.2, -0.15) is 0 Å². The first kappa shape index (κ1) is 12.1. The average Bonchev–Trinajstić information content (AvgIpc) is 2.26. The summed E-state index contributed by atoms with van der Waals surface area (Å²) >= 11 is 0. The van der Waals surface area contributed by atoms with E-state index in [2.05, 4.69) is 23.7 Å². The van der Waals surface area contributed by atoms with E-state index in [1.807, 2.05) is 12.1 Å². The van der Waals surface area contributed by atoms with E-state index in [1.165, 1.54) is 5.56 Å². The van der Waals surface area contributed by atoms with Crippen molar-refractivity contribution in [2.24, 2.45) is 0 Å². The number of rotatable bonds is 5. The zero-order chi connectivity index (χ0) is 11.3. The normalized spacial score (nSPS) is 13.1. The van der Waals surface area contributed by atoms with Gasteiger partial charge in [-0.05, 0) is 37.7 Å². The van der Waals surface area contributed by atoms with Crippen LogP contribution < -0.4 is 0 Å². The molecule has 1 aromatic heterocycles. The number of aliphatic hydroxyl groups excluding tert-OH is 1. The van der Waals surface area contributed by atoms with E-state index in [-0.39, 0.29) is 0 Å². The molecule has 0 bridgehead atoms. The highest BCUT2D eigenvalue weighted by Crippen LogP contribution is 2.11. The second-order valence-electron chi connectivity index (χ2n) is 3.73. The summed E-state index contributed by atoms with van der Waals surface area (Å²) in [6, 6.07) is 3.98. The molecule has 1 unspecified atom stereocenters. The maximum atomic E-state index is 9.42. The van der Waals surface area contributed by atoms with Gasteiger partial charge in [0.15, 0.2) is 0 Å². The minimum atomic E-state index is -0.485. The lowest BCUT2D eigenvalue weighted by Gasteiger charge is -2.18. The molecule has 1 atom stereocenters. The van der Waals surface area contributed by atoms with Crippen LogP contribution in [0.2, 0.25) is 0 Å². The van der Waals surface area contributed by atoms with Crippen LogP contribution >= 0.6 is 0 Å². The molecule has 0 spiro atoms. The number of aliphatic hydroxyl groups is 1. The predicted octanol–water partition coefficient (Wildman–Crippen LogP) is 1.98. The topological polar surface area (TPSA) is 36.4 Å². The fourth-order valence-electron chi connectivity index (χ4n) is 1.53. The van der Waals surface area contributed by atoms with Crippen molar-refractivity contribution in [1.82, 2.24) is 9.88 Å². The Bertz CT molecular complexity index is 295. The Labute approximate surface area is 91.8 Å². The second-order valence-corrected chi connectivity index (χ2v) is 3.73. The van der Waals surface area contributed by atoms with Gasteiger partial charge in [0.25, 0.3) is 0 Å². The van der Waals surface area contributed by atoms with Crippen molar-refractivity contribution in [3.05, 3.63) is 29.6 Å². The molecule has 1 aromatic rings. The standard InChI is InChI=1S/C12H20N2O/c1-4-14(5-2)9-11-6-7-13-12(8-11)10(3)15/h6-8,10,15H,4-5,9H2,1-3H3. The summed E-state index contributed by atoms with van der Waals surface area (Å²) in [6.07, 6.45) is 1.28. The summed E-state index contributed by atoms with van der Waals surface area (Å²) in [4.78, 5) is 6.46. The lowest BCUT2D eigenvalue weighted by molar-refractivity contribution is 0.194. The predicted molar refractivity (Wildman–Crippen MR) is 61.5 cm³/mol. The van der Waals surface area contributed by atoms with Crippen molar-refractivity contribution in [3.63, 3.8) is 0 Å². The van der Waals surface area contributed by atoms with E-state index in [4.69, 9.17) is 0 Å². The number of pyridine rings is 1. The van der Waals surface area contributed by atoms with Gasteiger partial charge in [-0.25, -0.2) is 0 Å². The van der Waals surface area contributed by atoms with Gasteiger partial charge in [0, 0.05) is 12.7 Å².